The summed E-state index contributed by atoms with van der Waals surface area (Å²) < 4.78 is 23.9. The molecule has 1 heterocycles. The molecule has 0 amide bonds. The minimum atomic E-state index is -2.99. The van der Waals surface area contributed by atoms with Crippen LogP contribution in [0.2, 0.25) is 0 Å². The van der Waals surface area contributed by atoms with Crippen LogP contribution in [-0.2, 0) is 9.84 Å². The molecule has 4 nitrogen and oxygen atoms in total. The van der Waals surface area contributed by atoms with Gasteiger partial charge in [-0.15, -0.1) is 0 Å². The monoisotopic (exact) mass is 260 g/mol. The summed E-state index contributed by atoms with van der Waals surface area (Å²) in [6.45, 7) is 2.51. The van der Waals surface area contributed by atoms with E-state index in [4.69, 9.17) is 5.73 Å². The Balaban J connectivity index is 2.28. The fourth-order valence-electron chi connectivity index (χ4n) is 3.70. The Labute approximate surface area is 104 Å². The van der Waals surface area contributed by atoms with Crippen molar-refractivity contribution in [3.05, 3.63) is 0 Å². The summed E-state index contributed by atoms with van der Waals surface area (Å²) in [4.78, 5) is 2.37. The SMILES string of the molecule is CS(=O)(=O)C1CCCC1(CN)N1CCCCC1. The summed E-state index contributed by atoms with van der Waals surface area (Å²) in [7, 11) is -2.99. The molecule has 0 spiro atoms. The average molecular weight is 260 g/mol. The van der Waals surface area contributed by atoms with Gasteiger partial charge in [-0.25, -0.2) is 8.42 Å². The molecule has 2 unspecified atom stereocenters. The van der Waals surface area contributed by atoms with E-state index in [9.17, 15) is 8.42 Å². The number of likely N-dealkylation sites (tertiary alicyclic amines) is 1. The van der Waals surface area contributed by atoms with Gasteiger partial charge in [0, 0.05) is 18.3 Å². The van der Waals surface area contributed by atoms with Gasteiger partial charge in [-0.05, 0) is 38.8 Å². The van der Waals surface area contributed by atoms with Crippen LogP contribution in [-0.4, -0.2) is 50.0 Å². The van der Waals surface area contributed by atoms with Gasteiger partial charge in [0.15, 0.2) is 9.84 Å². The van der Waals surface area contributed by atoms with Crippen LogP contribution in [0.5, 0.6) is 0 Å². The molecule has 1 saturated carbocycles. The van der Waals surface area contributed by atoms with E-state index in [1.807, 2.05) is 0 Å². The number of hydrogen-bond donors (Lipinski definition) is 1. The number of sulfone groups is 1. The third kappa shape index (κ3) is 2.37. The normalized spacial score (nSPS) is 36.2. The van der Waals surface area contributed by atoms with Gasteiger partial charge in [0.05, 0.1) is 5.25 Å². The molecular weight excluding hydrogens is 236 g/mol. The maximum absolute atomic E-state index is 12.0. The molecule has 0 radical (unpaired) electrons. The van der Waals surface area contributed by atoms with E-state index in [0.29, 0.717) is 6.54 Å². The summed E-state index contributed by atoms with van der Waals surface area (Å²) in [5, 5.41) is -0.252. The van der Waals surface area contributed by atoms with Crippen LogP contribution in [0, 0.1) is 0 Å². The van der Waals surface area contributed by atoms with Gasteiger partial charge in [-0.2, -0.15) is 0 Å². The van der Waals surface area contributed by atoms with Gasteiger partial charge < -0.3 is 5.73 Å². The molecule has 2 N–H and O–H groups in total. The zero-order valence-corrected chi connectivity index (χ0v) is 11.5. The van der Waals surface area contributed by atoms with Crippen molar-refractivity contribution in [3.63, 3.8) is 0 Å². The van der Waals surface area contributed by atoms with Gasteiger partial charge >= 0.3 is 0 Å². The smallest absolute Gasteiger partial charge is 0.152 e. The largest absolute Gasteiger partial charge is 0.329 e. The molecular formula is C12H24N2O2S. The van der Waals surface area contributed by atoms with E-state index in [1.54, 1.807) is 0 Å². The van der Waals surface area contributed by atoms with E-state index in [0.717, 1.165) is 32.4 Å². The lowest BCUT2D eigenvalue weighted by Crippen LogP contribution is -2.61. The summed E-state index contributed by atoms with van der Waals surface area (Å²) in [5.74, 6) is 0. The van der Waals surface area contributed by atoms with Crippen LogP contribution in [0.1, 0.15) is 38.5 Å². The van der Waals surface area contributed by atoms with Gasteiger partial charge in [0.2, 0.25) is 0 Å². The molecule has 0 aromatic rings. The first-order valence-electron chi connectivity index (χ1n) is 6.65. The molecule has 0 bridgehead atoms. The highest BCUT2D eigenvalue weighted by Crippen LogP contribution is 2.40. The van der Waals surface area contributed by atoms with Crippen molar-refractivity contribution in [2.24, 2.45) is 5.73 Å². The highest BCUT2D eigenvalue weighted by Gasteiger charge is 2.50. The number of hydrogen-bond acceptors (Lipinski definition) is 4. The first-order valence-corrected chi connectivity index (χ1v) is 8.60. The van der Waals surface area contributed by atoms with Crippen molar-refractivity contribution in [1.82, 2.24) is 4.90 Å². The van der Waals surface area contributed by atoms with Crippen molar-refractivity contribution < 1.29 is 8.42 Å². The second-order valence-electron chi connectivity index (χ2n) is 5.57. The van der Waals surface area contributed by atoms with E-state index in [-0.39, 0.29) is 10.8 Å². The third-order valence-corrected chi connectivity index (χ3v) is 6.24. The van der Waals surface area contributed by atoms with E-state index in [2.05, 4.69) is 4.90 Å². The Morgan fingerprint density at radius 2 is 1.88 bits per heavy atom. The predicted octanol–water partition coefficient (Wildman–Crippen LogP) is 0.767. The lowest BCUT2D eigenvalue weighted by atomic mass is 9.92. The summed E-state index contributed by atoms with van der Waals surface area (Å²) in [5.41, 5.74) is 5.71. The van der Waals surface area contributed by atoms with Gasteiger partial charge in [-0.1, -0.05) is 12.8 Å². The summed E-state index contributed by atoms with van der Waals surface area (Å²) >= 11 is 0. The van der Waals surface area contributed by atoms with Crippen molar-refractivity contribution in [2.75, 3.05) is 25.9 Å². The average Bonchev–Trinajstić information content (AvgIpc) is 2.75. The minimum Gasteiger partial charge on any atom is -0.329 e. The molecule has 2 aliphatic rings. The molecule has 1 aliphatic carbocycles. The van der Waals surface area contributed by atoms with Gasteiger partial charge in [-0.3, -0.25) is 4.90 Å². The van der Waals surface area contributed by atoms with Crippen LogP contribution >= 0.6 is 0 Å². The van der Waals surface area contributed by atoms with Crippen LogP contribution in [0.4, 0.5) is 0 Å². The number of piperidine rings is 1. The Hall–Kier alpha value is -0.130. The van der Waals surface area contributed by atoms with Gasteiger partial charge in [0.1, 0.15) is 0 Å². The molecule has 2 atom stereocenters. The topological polar surface area (TPSA) is 63.4 Å². The van der Waals surface area contributed by atoms with Crippen molar-refractivity contribution in [1.29, 1.82) is 0 Å². The minimum absolute atomic E-state index is 0.252. The Bertz CT molecular complexity index is 363. The van der Waals surface area contributed by atoms with Crippen molar-refractivity contribution in [3.8, 4) is 0 Å². The molecule has 1 aliphatic heterocycles. The van der Waals surface area contributed by atoms with Crippen LogP contribution in [0.3, 0.4) is 0 Å². The molecule has 0 aromatic carbocycles. The second kappa shape index (κ2) is 4.86. The van der Waals surface area contributed by atoms with E-state index in [1.165, 1.54) is 25.5 Å². The molecule has 17 heavy (non-hydrogen) atoms. The lowest BCUT2D eigenvalue weighted by molar-refractivity contribution is 0.0796. The quantitative estimate of drug-likeness (QED) is 0.814. The maximum atomic E-state index is 12.0. The maximum Gasteiger partial charge on any atom is 0.152 e. The molecule has 1 saturated heterocycles. The zero-order chi connectivity index (χ0) is 12.5. The number of nitrogens with two attached hydrogens (primary N) is 1. The fraction of sp³-hybridized carbons (Fsp3) is 1.00. The highest BCUT2D eigenvalue weighted by molar-refractivity contribution is 7.91. The molecule has 100 valence electrons. The third-order valence-electron chi connectivity index (χ3n) is 4.53. The van der Waals surface area contributed by atoms with Crippen molar-refractivity contribution >= 4 is 9.84 Å². The van der Waals surface area contributed by atoms with Gasteiger partial charge in [0.25, 0.3) is 0 Å². The van der Waals surface area contributed by atoms with Crippen LogP contribution in [0.25, 0.3) is 0 Å². The van der Waals surface area contributed by atoms with E-state index >= 15 is 0 Å². The standard InChI is InChI=1S/C12H24N2O2S/c1-17(15,16)11-6-5-7-12(11,10-13)14-8-3-2-4-9-14/h11H,2-10,13H2,1H3. The highest BCUT2D eigenvalue weighted by atomic mass is 32.2. The molecule has 5 heteroatoms. The van der Waals surface area contributed by atoms with Crippen LogP contribution in [0.15, 0.2) is 0 Å². The Morgan fingerprint density at radius 1 is 1.24 bits per heavy atom. The fourth-order valence-corrected chi connectivity index (χ4v) is 5.45. The predicted molar refractivity (Wildman–Crippen MR) is 69.7 cm³/mol. The Morgan fingerprint density at radius 3 is 2.41 bits per heavy atom. The van der Waals surface area contributed by atoms with E-state index < -0.39 is 9.84 Å². The number of nitrogens with zero attached hydrogens (tertiary/aromatic N) is 1. The van der Waals surface area contributed by atoms with Crippen LogP contribution < -0.4 is 5.73 Å². The summed E-state index contributed by atoms with van der Waals surface area (Å²) in [6, 6.07) is 0. The molecule has 2 fully saturated rings. The lowest BCUT2D eigenvalue weighted by Gasteiger charge is -2.46. The first-order chi connectivity index (χ1) is 8.00. The molecule has 0 aromatic heterocycles. The Kier molecular flexibility index (Phi) is 3.80. The molecule has 2 rings (SSSR count). The first kappa shape index (κ1) is 13.3. The second-order valence-corrected chi connectivity index (χ2v) is 7.79. The zero-order valence-electron chi connectivity index (χ0n) is 10.7. The summed E-state index contributed by atoms with van der Waals surface area (Å²) in [6.07, 6.45) is 7.72. The number of rotatable bonds is 3. The van der Waals surface area contributed by atoms with Crippen molar-refractivity contribution in [2.45, 2.75) is 49.3 Å².